The number of methoxy groups -OCH3 is 1. The highest BCUT2D eigenvalue weighted by molar-refractivity contribution is 5.94. The van der Waals surface area contributed by atoms with Gasteiger partial charge in [0.25, 0.3) is 5.91 Å². The molecule has 3 N–H and O–H groups in total. The first-order valence-electron chi connectivity index (χ1n) is 8.44. The summed E-state index contributed by atoms with van der Waals surface area (Å²) in [6.07, 6.45) is 3.03. The molecule has 9 heteroatoms. The summed E-state index contributed by atoms with van der Waals surface area (Å²) < 4.78 is 6.93. The Bertz CT molecular complexity index is 908. The minimum Gasteiger partial charge on any atom is -0.384 e. The van der Waals surface area contributed by atoms with Crippen LogP contribution < -0.4 is 11.1 Å². The van der Waals surface area contributed by atoms with Gasteiger partial charge in [-0.2, -0.15) is 0 Å². The first-order valence-corrected chi connectivity index (χ1v) is 8.44. The smallest absolute Gasteiger partial charge is 0.251 e. The highest BCUT2D eigenvalue weighted by atomic mass is 16.5. The molecule has 0 bridgehead atoms. The fraction of sp³-hybridized carbons (Fsp3) is 0.278. The lowest BCUT2D eigenvalue weighted by molar-refractivity contribution is 0.0937. The number of rotatable bonds is 7. The van der Waals surface area contributed by atoms with Gasteiger partial charge >= 0.3 is 0 Å². The van der Waals surface area contributed by atoms with Gasteiger partial charge in [-0.1, -0.05) is 12.1 Å². The third kappa shape index (κ3) is 4.45. The van der Waals surface area contributed by atoms with E-state index < -0.39 is 0 Å². The number of ether oxygens (including phenoxy) is 1. The number of nitrogens with two attached hydrogens (primary N) is 1. The fourth-order valence-electron chi connectivity index (χ4n) is 2.63. The van der Waals surface area contributed by atoms with Crippen molar-refractivity contribution in [3.05, 3.63) is 54.4 Å². The Kier molecular flexibility index (Phi) is 5.72. The van der Waals surface area contributed by atoms with Crippen LogP contribution in [0.3, 0.4) is 0 Å². The van der Waals surface area contributed by atoms with E-state index in [0.717, 1.165) is 5.56 Å². The first kappa shape index (κ1) is 18.5. The molecule has 140 valence electrons. The number of carbonyl (C=O) groups excluding carboxylic acids is 1. The first-order chi connectivity index (χ1) is 13.1. The molecule has 2 aromatic heterocycles. The van der Waals surface area contributed by atoms with Gasteiger partial charge in [-0.15, -0.1) is 10.2 Å². The van der Waals surface area contributed by atoms with Gasteiger partial charge in [-0.3, -0.25) is 4.79 Å². The Labute approximate surface area is 156 Å². The number of aromatic nitrogens is 5. The van der Waals surface area contributed by atoms with Gasteiger partial charge in [-0.05, 0) is 19.1 Å². The van der Waals surface area contributed by atoms with E-state index in [4.69, 9.17) is 10.5 Å². The minimum atomic E-state index is -0.293. The Balaban J connectivity index is 1.68. The Morgan fingerprint density at radius 2 is 2.07 bits per heavy atom. The van der Waals surface area contributed by atoms with E-state index >= 15 is 0 Å². The molecule has 0 aliphatic rings. The number of hydrogen-bond donors (Lipinski definition) is 2. The average molecular weight is 367 g/mol. The summed E-state index contributed by atoms with van der Waals surface area (Å²) in [7, 11) is 1.63. The van der Waals surface area contributed by atoms with E-state index in [-0.39, 0.29) is 11.9 Å². The molecular formula is C18H21N7O2. The van der Waals surface area contributed by atoms with E-state index in [2.05, 4.69) is 25.5 Å². The fourth-order valence-corrected chi connectivity index (χ4v) is 2.63. The van der Waals surface area contributed by atoms with Crippen molar-refractivity contribution in [2.24, 2.45) is 0 Å². The van der Waals surface area contributed by atoms with Crippen molar-refractivity contribution in [1.82, 2.24) is 30.0 Å². The largest absolute Gasteiger partial charge is 0.384 e. The lowest BCUT2D eigenvalue weighted by Gasteiger charge is -2.15. The third-order valence-electron chi connectivity index (χ3n) is 4.05. The monoisotopic (exact) mass is 367 g/mol. The molecular weight excluding hydrogens is 346 g/mol. The van der Waals surface area contributed by atoms with Gasteiger partial charge in [0, 0.05) is 30.8 Å². The van der Waals surface area contributed by atoms with Crippen LogP contribution in [0.5, 0.6) is 0 Å². The molecule has 0 radical (unpaired) electrons. The molecule has 1 amide bonds. The second kappa shape index (κ2) is 8.37. The molecule has 0 unspecified atom stereocenters. The molecule has 2 heterocycles. The number of benzene rings is 1. The molecule has 9 nitrogen and oxygen atoms in total. The maximum Gasteiger partial charge on any atom is 0.251 e. The van der Waals surface area contributed by atoms with Crippen LogP contribution in [0, 0.1) is 0 Å². The van der Waals surface area contributed by atoms with Crippen molar-refractivity contribution in [3.8, 4) is 11.3 Å². The maximum atomic E-state index is 12.5. The Hall–Kier alpha value is -3.33. The van der Waals surface area contributed by atoms with Gasteiger partial charge in [0.05, 0.1) is 18.3 Å². The summed E-state index contributed by atoms with van der Waals surface area (Å²) in [5.41, 5.74) is 7.78. The van der Waals surface area contributed by atoms with Gasteiger partial charge < -0.3 is 20.4 Å². The molecule has 1 atom stereocenters. The van der Waals surface area contributed by atoms with Crippen molar-refractivity contribution in [1.29, 1.82) is 0 Å². The summed E-state index contributed by atoms with van der Waals surface area (Å²) in [5.74, 6) is 0.874. The summed E-state index contributed by atoms with van der Waals surface area (Å²) >= 11 is 0. The van der Waals surface area contributed by atoms with E-state index in [0.29, 0.717) is 36.1 Å². The van der Waals surface area contributed by atoms with Crippen LogP contribution >= 0.6 is 0 Å². The molecule has 27 heavy (non-hydrogen) atoms. The van der Waals surface area contributed by atoms with Crippen LogP contribution in [-0.2, 0) is 11.3 Å². The van der Waals surface area contributed by atoms with Crippen LogP contribution in [0.15, 0.2) is 43.0 Å². The number of nitrogen functional groups attached to an aromatic ring is 1. The highest BCUT2D eigenvalue weighted by Crippen LogP contribution is 2.19. The lowest BCUT2D eigenvalue weighted by atomic mass is 10.1. The Morgan fingerprint density at radius 1 is 1.30 bits per heavy atom. The number of carbonyl (C=O) groups is 1. The standard InChI is InChI=1S/C18H21N7O2/c1-12(17-24-22-11-25(17)7-8-27-2)23-18(26)14-5-3-13(4-6-14)15-9-16(19)21-10-20-15/h3-6,9-12H,7-8H2,1-2H3,(H,23,26)(H2,19,20,21)/t12-/m0/s1. The number of hydrogen-bond acceptors (Lipinski definition) is 7. The number of nitrogens with one attached hydrogen (secondary N) is 1. The molecule has 0 fully saturated rings. The minimum absolute atomic E-state index is 0.197. The maximum absolute atomic E-state index is 12.5. The van der Waals surface area contributed by atoms with Gasteiger partial charge in [0.1, 0.15) is 18.5 Å². The molecule has 0 aliphatic carbocycles. The summed E-state index contributed by atoms with van der Waals surface area (Å²) in [6.45, 7) is 3.03. The highest BCUT2D eigenvalue weighted by Gasteiger charge is 2.16. The molecule has 3 aromatic rings. The Morgan fingerprint density at radius 3 is 2.78 bits per heavy atom. The number of anilines is 1. The second-order valence-corrected chi connectivity index (χ2v) is 5.98. The second-order valence-electron chi connectivity index (χ2n) is 5.98. The summed E-state index contributed by atoms with van der Waals surface area (Å²) in [5, 5.41) is 10.9. The normalized spacial score (nSPS) is 11.9. The molecule has 3 rings (SSSR count). The molecule has 1 aromatic carbocycles. The summed E-state index contributed by atoms with van der Waals surface area (Å²) in [4.78, 5) is 20.6. The van der Waals surface area contributed by atoms with Crippen molar-refractivity contribution in [3.63, 3.8) is 0 Å². The molecule has 0 spiro atoms. The zero-order valence-corrected chi connectivity index (χ0v) is 15.2. The van der Waals surface area contributed by atoms with Crippen LogP contribution in [-0.4, -0.2) is 44.4 Å². The van der Waals surface area contributed by atoms with E-state index in [9.17, 15) is 4.79 Å². The van der Waals surface area contributed by atoms with Gasteiger partial charge in [0.15, 0.2) is 5.82 Å². The molecule has 0 saturated carbocycles. The van der Waals surface area contributed by atoms with Crippen LogP contribution in [0.4, 0.5) is 5.82 Å². The molecule has 0 saturated heterocycles. The summed E-state index contributed by atoms with van der Waals surface area (Å²) in [6, 6.07) is 8.52. The topological polar surface area (TPSA) is 121 Å². The lowest BCUT2D eigenvalue weighted by Crippen LogP contribution is -2.29. The SMILES string of the molecule is COCCn1cnnc1[C@H](C)NC(=O)c1ccc(-c2cc(N)ncn2)cc1. The third-order valence-corrected chi connectivity index (χ3v) is 4.05. The van der Waals surface area contributed by atoms with Crippen molar-refractivity contribution >= 4 is 11.7 Å². The van der Waals surface area contributed by atoms with E-state index in [1.807, 2.05) is 23.6 Å². The van der Waals surface area contributed by atoms with Crippen LogP contribution in [0.25, 0.3) is 11.3 Å². The van der Waals surface area contributed by atoms with Crippen LogP contribution in [0.2, 0.25) is 0 Å². The van der Waals surface area contributed by atoms with Crippen molar-refractivity contribution in [2.45, 2.75) is 19.5 Å². The van der Waals surface area contributed by atoms with Crippen molar-refractivity contribution < 1.29 is 9.53 Å². The quantitative estimate of drug-likeness (QED) is 0.648. The van der Waals surface area contributed by atoms with Gasteiger partial charge in [0.2, 0.25) is 0 Å². The number of amides is 1. The van der Waals surface area contributed by atoms with E-state index in [1.54, 1.807) is 31.6 Å². The number of nitrogens with zero attached hydrogens (tertiary/aromatic N) is 5. The zero-order valence-electron chi connectivity index (χ0n) is 15.2. The molecule has 0 aliphatic heterocycles. The van der Waals surface area contributed by atoms with E-state index in [1.165, 1.54) is 6.33 Å². The van der Waals surface area contributed by atoms with Crippen molar-refractivity contribution in [2.75, 3.05) is 19.5 Å². The van der Waals surface area contributed by atoms with Gasteiger partial charge in [-0.25, -0.2) is 9.97 Å². The predicted molar refractivity (Wildman–Crippen MR) is 99.7 cm³/mol. The predicted octanol–water partition coefficient (Wildman–Crippen LogP) is 1.45. The zero-order chi connectivity index (χ0) is 19.2. The van der Waals surface area contributed by atoms with Crippen LogP contribution in [0.1, 0.15) is 29.1 Å². The average Bonchev–Trinajstić information content (AvgIpc) is 3.15.